The molecular weight excluding hydrogens is 377 g/mol. The van der Waals surface area contributed by atoms with Crippen molar-refractivity contribution < 1.29 is 17.6 Å². The van der Waals surface area contributed by atoms with E-state index in [2.05, 4.69) is 0 Å². The van der Waals surface area contributed by atoms with Gasteiger partial charge in [-0.05, 0) is 61.2 Å². The summed E-state index contributed by atoms with van der Waals surface area (Å²) in [6.45, 7) is 2.20. The number of carbonyl (C=O) groups excluding carboxylic acids is 1. The van der Waals surface area contributed by atoms with E-state index in [9.17, 15) is 17.6 Å². The number of hydrogen-bond donors (Lipinski definition) is 0. The van der Waals surface area contributed by atoms with Gasteiger partial charge in [0.1, 0.15) is 5.82 Å². The molecular formula is C19H19ClFNO3S. The molecule has 1 amide bonds. The number of fused-ring (bicyclic) bond motifs is 1. The Balaban J connectivity index is 1.77. The number of amides is 1. The van der Waals surface area contributed by atoms with E-state index in [1.807, 2.05) is 13.0 Å². The van der Waals surface area contributed by atoms with Gasteiger partial charge in [-0.25, -0.2) is 12.8 Å². The van der Waals surface area contributed by atoms with E-state index in [-0.39, 0.29) is 28.7 Å². The molecule has 0 aliphatic carbocycles. The van der Waals surface area contributed by atoms with E-state index < -0.39 is 15.7 Å². The van der Waals surface area contributed by atoms with Crippen molar-refractivity contribution in [3.63, 3.8) is 0 Å². The van der Waals surface area contributed by atoms with Gasteiger partial charge in [-0.2, -0.15) is 0 Å². The standard InChI is InChI=1S/C19H19ClFNO3S/c1-13-11-14-3-2-9-22(19(14)17(21)12-13)18(23)8-10-26(24,25)16-6-4-15(20)5-7-16/h4-7,11-12H,2-3,8-10H2,1H3. The lowest BCUT2D eigenvalue weighted by Gasteiger charge is -2.30. The van der Waals surface area contributed by atoms with E-state index in [0.29, 0.717) is 18.0 Å². The maximum Gasteiger partial charge on any atom is 0.228 e. The third-order valence-corrected chi connectivity index (χ3v) is 6.43. The molecule has 4 nitrogen and oxygen atoms in total. The highest BCUT2D eigenvalue weighted by atomic mass is 35.5. The van der Waals surface area contributed by atoms with Crippen LogP contribution in [0, 0.1) is 12.7 Å². The Hall–Kier alpha value is -1.92. The predicted octanol–water partition coefficient (Wildman–Crippen LogP) is 3.93. The van der Waals surface area contributed by atoms with Crippen molar-refractivity contribution in [3.8, 4) is 0 Å². The largest absolute Gasteiger partial charge is 0.309 e. The van der Waals surface area contributed by atoms with Crippen LogP contribution >= 0.6 is 11.6 Å². The zero-order chi connectivity index (χ0) is 18.9. The molecule has 0 bridgehead atoms. The number of halogens is 2. The molecule has 1 heterocycles. The highest BCUT2D eigenvalue weighted by molar-refractivity contribution is 7.91. The molecule has 138 valence electrons. The predicted molar refractivity (Wildman–Crippen MR) is 99.9 cm³/mol. The Morgan fingerprint density at radius 3 is 2.62 bits per heavy atom. The smallest absolute Gasteiger partial charge is 0.228 e. The number of rotatable bonds is 4. The van der Waals surface area contributed by atoms with Crippen LogP contribution in [-0.4, -0.2) is 26.6 Å². The van der Waals surface area contributed by atoms with Gasteiger partial charge in [0.2, 0.25) is 5.91 Å². The van der Waals surface area contributed by atoms with Crippen LogP contribution in [0.2, 0.25) is 5.02 Å². The third kappa shape index (κ3) is 3.91. The first-order chi connectivity index (χ1) is 12.3. The summed E-state index contributed by atoms with van der Waals surface area (Å²) in [5, 5.41) is 0.440. The van der Waals surface area contributed by atoms with Crippen molar-refractivity contribution in [3.05, 3.63) is 58.4 Å². The van der Waals surface area contributed by atoms with Crippen LogP contribution in [0.15, 0.2) is 41.3 Å². The summed E-state index contributed by atoms with van der Waals surface area (Å²) in [6.07, 6.45) is 1.24. The zero-order valence-electron chi connectivity index (χ0n) is 14.3. The van der Waals surface area contributed by atoms with Gasteiger partial charge in [-0.3, -0.25) is 4.79 Å². The van der Waals surface area contributed by atoms with Gasteiger partial charge in [-0.1, -0.05) is 17.7 Å². The molecule has 0 atom stereocenters. The van der Waals surface area contributed by atoms with E-state index in [4.69, 9.17) is 11.6 Å². The fraction of sp³-hybridized carbons (Fsp3) is 0.316. The summed E-state index contributed by atoms with van der Waals surface area (Å²) in [4.78, 5) is 14.1. The van der Waals surface area contributed by atoms with Gasteiger partial charge in [0.15, 0.2) is 9.84 Å². The molecule has 3 rings (SSSR count). The Labute approximate surface area is 157 Å². The molecule has 0 radical (unpaired) electrons. The van der Waals surface area contributed by atoms with Crippen LogP contribution in [0.1, 0.15) is 24.0 Å². The average Bonchev–Trinajstić information content (AvgIpc) is 2.59. The van der Waals surface area contributed by atoms with Crippen LogP contribution in [0.4, 0.5) is 10.1 Å². The molecule has 0 fully saturated rings. The number of carbonyl (C=O) groups is 1. The lowest BCUT2D eigenvalue weighted by Crippen LogP contribution is -2.37. The van der Waals surface area contributed by atoms with Gasteiger partial charge in [0.25, 0.3) is 0 Å². The van der Waals surface area contributed by atoms with Crippen LogP contribution in [-0.2, 0) is 21.1 Å². The van der Waals surface area contributed by atoms with Crippen LogP contribution in [0.3, 0.4) is 0 Å². The van der Waals surface area contributed by atoms with Crippen molar-refractivity contribution in [2.45, 2.75) is 31.1 Å². The Kier molecular flexibility index (Phi) is 5.34. The highest BCUT2D eigenvalue weighted by Gasteiger charge is 2.27. The number of hydrogen-bond acceptors (Lipinski definition) is 3. The summed E-state index contributed by atoms with van der Waals surface area (Å²) in [7, 11) is -3.60. The van der Waals surface area contributed by atoms with Crippen molar-refractivity contribution in [2.75, 3.05) is 17.2 Å². The number of sulfone groups is 1. The number of anilines is 1. The molecule has 0 saturated heterocycles. The highest BCUT2D eigenvalue weighted by Crippen LogP contribution is 2.31. The monoisotopic (exact) mass is 395 g/mol. The molecule has 26 heavy (non-hydrogen) atoms. The van der Waals surface area contributed by atoms with Crippen molar-refractivity contribution >= 4 is 33.0 Å². The number of nitrogens with zero attached hydrogens (tertiary/aromatic N) is 1. The lowest BCUT2D eigenvalue weighted by atomic mass is 9.99. The van der Waals surface area contributed by atoms with E-state index >= 15 is 0 Å². The number of benzene rings is 2. The minimum absolute atomic E-state index is 0.121. The summed E-state index contributed by atoms with van der Waals surface area (Å²) < 4.78 is 39.2. The SMILES string of the molecule is Cc1cc(F)c2c(c1)CCCN2C(=O)CCS(=O)(=O)c1ccc(Cl)cc1. The Morgan fingerprint density at radius 2 is 1.92 bits per heavy atom. The minimum Gasteiger partial charge on any atom is -0.309 e. The summed E-state index contributed by atoms with van der Waals surface area (Å²) in [6, 6.07) is 9.10. The first-order valence-corrected chi connectivity index (χ1v) is 10.4. The number of aryl methyl sites for hydroxylation is 2. The second-order valence-electron chi connectivity index (χ2n) is 6.43. The fourth-order valence-electron chi connectivity index (χ4n) is 3.20. The van der Waals surface area contributed by atoms with Gasteiger partial charge in [0.05, 0.1) is 16.3 Å². The van der Waals surface area contributed by atoms with Crippen molar-refractivity contribution in [2.24, 2.45) is 0 Å². The summed E-state index contributed by atoms with van der Waals surface area (Å²) in [5.41, 5.74) is 1.89. The topological polar surface area (TPSA) is 54.5 Å². The molecule has 0 aromatic heterocycles. The first-order valence-electron chi connectivity index (χ1n) is 8.35. The minimum atomic E-state index is -3.60. The van der Waals surface area contributed by atoms with Gasteiger partial charge < -0.3 is 4.90 Å². The maximum absolute atomic E-state index is 14.4. The van der Waals surface area contributed by atoms with Crippen molar-refractivity contribution in [1.29, 1.82) is 0 Å². The quantitative estimate of drug-likeness (QED) is 0.788. The molecule has 7 heteroatoms. The van der Waals surface area contributed by atoms with E-state index in [1.54, 1.807) is 0 Å². The van der Waals surface area contributed by atoms with E-state index in [1.165, 1.54) is 35.2 Å². The zero-order valence-corrected chi connectivity index (χ0v) is 15.9. The van der Waals surface area contributed by atoms with Gasteiger partial charge in [0, 0.05) is 18.0 Å². The molecule has 2 aromatic rings. The van der Waals surface area contributed by atoms with Crippen molar-refractivity contribution in [1.82, 2.24) is 0 Å². The second kappa shape index (κ2) is 7.37. The summed E-state index contributed by atoms with van der Waals surface area (Å²) >= 11 is 5.77. The van der Waals surface area contributed by atoms with Crippen LogP contribution in [0.25, 0.3) is 0 Å². The molecule has 1 aliphatic rings. The molecule has 0 N–H and O–H groups in total. The average molecular weight is 396 g/mol. The Bertz CT molecular complexity index is 942. The third-order valence-electron chi connectivity index (χ3n) is 4.44. The van der Waals surface area contributed by atoms with Crippen LogP contribution < -0.4 is 4.90 Å². The fourth-order valence-corrected chi connectivity index (χ4v) is 4.56. The normalized spacial score (nSPS) is 14.2. The van der Waals surface area contributed by atoms with Gasteiger partial charge >= 0.3 is 0 Å². The molecule has 0 saturated carbocycles. The van der Waals surface area contributed by atoms with Gasteiger partial charge in [-0.15, -0.1) is 0 Å². The maximum atomic E-state index is 14.4. The molecule has 0 unspecified atom stereocenters. The Morgan fingerprint density at radius 1 is 1.23 bits per heavy atom. The lowest BCUT2D eigenvalue weighted by molar-refractivity contribution is -0.118. The second-order valence-corrected chi connectivity index (χ2v) is 8.97. The van der Waals surface area contributed by atoms with E-state index in [0.717, 1.165) is 17.5 Å². The van der Waals surface area contributed by atoms with Crippen LogP contribution in [0.5, 0.6) is 0 Å². The first kappa shape index (κ1) is 18.9. The molecule has 2 aromatic carbocycles. The summed E-state index contributed by atoms with van der Waals surface area (Å²) in [5.74, 6) is -1.15. The molecule has 1 aliphatic heterocycles. The molecule has 0 spiro atoms.